The molecule has 0 unspecified atom stereocenters. The predicted octanol–water partition coefficient (Wildman–Crippen LogP) is 7.99. The summed E-state index contributed by atoms with van der Waals surface area (Å²) < 4.78 is 0. The summed E-state index contributed by atoms with van der Waals surface area (Å²) in [6, 6.07) is 36.9. The fourth-order valence-electron chi connectivity index (χ4n) is 3.81. The van der Waals surface area contributed by atoms with Crippen molar-refractivity contribution in [1.29, 1.82) is 0 Å². The van der Waals surface area contributed by atoms with Gasteiger partial charge in [0.25, 0.3) is 0 Å². The first-order chi connectivity index (χ1) is 13.5. The summed E-state index contributed by atoms with van der Waals surface area (Å²) in [4.78, 5) is 0. The molecule has 0 amide bonds. The molecule has 4 aromatic rings. The smallest absolute Gasteiger partial charge is 0.00680 e. The summed E-state index contributed by atoms with van der Waals surface area (Å²) in [5.41, 5.74) is 9.10. The molecule has 0 aliphatic heterocycles. The first kappa shape index (κ1) is 18.3. The molecule has 4 aromatic carbocycles. The van der Waals surface area contributed by atoms with Crippen LogP contribution in [-0.4, -0.2) is 0 Å². The molecular weight excluding hydrogens is 336 g/mol. The molecule has 138 valence electrons. The van der Waals surface area contributed by atoms with Gasteiger partial charge in [-0.1, -0.05) is 124 Å². The molecule has 0 aliphatic carbocycles. The van der Waals surface area contributed by atoms with Gasteiger partial charge in [0.1, 0.15) is 0 Å². The third kappa shape index (κ3) is 3.64. The lowest BCUT2D eigenvalue weighted by molar-refractivity contribution is 0.592. The van der Waals surface area contributed by atoms with Gasteiger partial charge in [-0.25, -0.2) is 0 Å². The Morgan fingerprint density at radius 3 is 1.50 bits per heavy atom. The highest BCUT2D eigenvalue weighted by Gasteiger charge is 2.21. The van der Waals surface area contributed by atoms with Gasteiger partial charge < -0.3 is 0 Å². The molecule has 28 heavy (non-hydrogen) atoms. The topological polar surface area (TPSA) is 0 Å². The average Bonchev–Trinajstić information content (AvgIpc) is 2.74. The van der Waals surface area contributed by atoms with Crippen LogP contribution >= 0.6 is 0 Å². The van der Waals surface area contributed by atoms with Crippen molar-refractivity contribution in [3.8, 4) is 33.4 Å². The van der Waals surface area contributed by atoms with Crippen LogP contribution < -0.4 is 0 Å². The van der Waals surface area contributed by atoms with Gasteiger partial charge in [-0.3, -0.25) is 0 Å². The van der Waals surface area contributed by atoms with E-state index in [0.717, 1.165) is 0 Å². The predicted molar refractivity (Wildman–Crippen MR) is 121 cm³/mol. The number of hydrogen-bond acceptors (Lipinski definition) is 0. The molecule has 0 atom stereocenters. The van der Waals surface area contributed by atoms with Crippen LogP contribution in [0.2, 0.25) is 0 Å². The first-order valence-electron chi connectivity index (χ1n) is 9.89. The zero-order valence-electron chi connectivity index (χ0n) is 16.8. The van der Waals surface area contributed by atoms with Crippen molar-refractivity contribution in [3.63, 3.8) is 0 Å². The van der Waals surface area contributed by atoms with E-state index in [1.54, 1.807) is 0 Å². The van der Waals surface area contributed by atoms with E-state index in [0.29, 0.717) is 0 Å². The van der Waals surface area contributed by atoms with Crippen LogP contribution in [0.4, 0.5) is 0 Å². The van der Waals surface area contributed by atoms with Gasteiger partial charge in [-0.15, -0.1) is 0 Å². The van der Waals surface area contributed by atoms with Crippen molar-refractivity contribution in [2.45, 2.75) is 26.2 Å². The Morgan fingerprint density at radius 1 is 0.429 bits per heavy atom. The molecule has 0 radical (unpaired) electrons. The van der Waals surface area contributed by atoms with Gasteiger partial charge in [0.15, 0.2) is 0 Å². The van der Waals surface area contributed by atoms with Crippen molar-refractivity contribution in [2.24, 2.45) is 0 Å². The van der Waals surface area contributed by atoms with E-state index in [4.69, 9.17) is 0 Å². The Bertz CT molecular complexity index is 1050. The monoisotopic (exact) mass is 362 g/mol. The van der Waals surface area contributed by atoms with Crippen LogP contribution in [0.1, 0.15) is 26.3 Å². The van der Waals surface area contributed by atoms with Crippen LogP contribution in [0.3, 0.4) is 0 Å². The zero-order valence-corrected chi connectivity index (χ0v) is 16.8. The highest BCUT2D eigenvalue weighted by atomic mass is 14.3. The summed E-state index contributed by atoms with van der Waals surface area (Å²) in [6.07, 6.45) is 0. The van der Waals surface area contributed by atoms with E-state index in [9.17, 15) is 0 Å². The van der Waals surface area contributed by atoms with Crippen LogP contribution in [0.25, 0.3) is 33.4 Å². The minimum atomic E-state index is 0.0746. The summed E-state index contributed by atoms with van der Waals surface area (Å²) in [6.45, 7) is 6.87. The van der Waals surface area contributed by atoms with Gasteiger partial charge in [-0.05, 0) is 44.4 Å². The van der Waals surface area contributed by atoms with Crippen molar-refractivity contribution in [3.05, 3.63) is 109 Å². The van der Waals surface area contributed by atoms with Crippen molar-refractivity contribution in [1.82, 2.24) is 0 Å². The average molecular weight is 363 g/mol. The largest absolute Gasteiger partial charge is 0.0622 e. The molecule has 0 aliphatic rings. The van der Waals surface area contributed by atoms with Gasteiger partial charge in [0.05, 0.1) is 0 Å². The van der Waals surface area contributed by atoms with Gasteiger partial charge >= 0.3 is 0 Å². The van der Waals surface area contributed by atoms with Crippen LogP contribution in [0, 0.1) is 0 Å². The molecule has 0 N–H and O–H groups in total. The maximum Gasteiger partial charge on any atom is -0.00680 e. The Labute approximate surface area is 168 Å². The summed E-state index contributed by atoms with van der Waals surface area (Å²) in [5, 5.41) is 0. The second-order valence-electron chi connectivity index (χ2n) is 8.29. The van der Waals surface area contributed by atoms with Crippen molar-refractivity contribution < 1.29 is 0 Å². The molecule has 0 fully saturated rings. The van der Waals surface area contributed by atoms with E-state index >= 15 is 0 Å². The maximum atomic E-state index is 2.29. The molecular formula is C28H26. The van der Waals surface area contributed by atoms with Gasteiger partial charge in [-0.2, -0.15) is 0 Å². The van der Waals surface area contributed by atoms with Gasteiger partial charge in [0.2, 0.25) is 0 Å². The lowest BCUT2D eigenvalue weighted by Gasteiger charge is -2.25. The van der Waals surface area contributed by atoms with E-state index in [1.165, 1.54) is 38.9 Å². The summed E-state index contributed by atoms with van der Waals surface area (Å²) in [5.74, 6) is 0. The molecule has 4 rings (SSSR count). The highest BCUT2D eigenvalue weighted by molar-refractivity contribution is 5.87. The number of benzene rings is 4. The van der Waals surface area contributed by atoms with Crippen LogP contribution in [0.15, 0.2) is 103 Å². The highest BCUT2D eigenvalue weighted by Crippen LogP contribution is 2.40. The Hall–Kier alpha value is -3.12. The maximum absolute atomic E-state index is 2.29. The molecule has 0 saturated carbocycles. The minimum absolute atomic E-state index is 0.0746. The fourth-order valence-corrected chi connectivity index (χ4v) is 3.81. The molecule has 0 spiro atoms. The van der Waals surface area contributed by atoms with Gasteiger partial charge in [0, 0.05) is 0 Å². The van der Waals surface area contributed by atoms with Crippen molar-refractivity contribution >= 4 is 0 Å². The lowest BCUT2D eigenvalue weighted by atomic mass is 9.79. The van der Waals surface area contributed by atoms with E-state index in [1.807, 2.05) is 0 Å². The minimum Gasteiger partial charge on any atom is -0.0622 e. The molecule has 0 saturated heterocycles. The zero-order chi connectivity index (χ0) is 19.6. The Morgan fingerprint density at radius 2 is 0.929 bits per heavy atom. The lowest BCUT2D eigenvalue weighted by Crippen LogP contribution is -2.13. The molecule has 0 aromatic heterocycles. The molecule has 0 bridgehead atoms. The SMILES string of the molecule is CC(C)(C)c1cccc(-c2ccc(-c3ccccc3)cc2)c1-c1ccccc1. The molecule has 0 heterocycles. The second-order valence-corrected chi connectivity index (χ2v) is 8.29. The number of hydrogen-bond donors (Lipinski definition) is 0. The summed E-state index contributed by atoms with van der Waals surface area (Å²) >= 11 is 0. The van der Waals surface area contributed by atoms with E-state index in [-0.39, 0.29) is 5.41 Å². The van der Waals surface area contributed by atoms with Crippen LogP contribution in [0.5, 0.6) is 0 Å². The fraction of sp³-hybridized carbons (Fsp3) is 0.143. The second kappa shape index (κ2) is 7.48. The summed E-state index contributed by atoms with van der Waals surface area (Å²) in [7, 11) is 0. The van der Waals surface area contributed by atoms with Crippen LogP contribution in [-0.2, 0) is 5.41 Å². The standard InChI is InChI=1S/C28H26/c1-28(2,3)26-16-10-15-25(27(26)24-13-8-5-9-14-24)23-19-17-22(18-20-23)21-11-6-4-7-12-21/h4-20H,1-3H3. The van der Waals surface area contributed by atoms with Crippen molar-refractivity contribution in [2.75, 3.05) is 0 Å². The first-order valence-corrected chi connectivity index (χ1v) is 9.89. The number of rotatable bonds is 3. The third-order valence-corrected chi connectivity index (χ3v) is 5.24. The van der Waals surface area contributed by atoms with E-state index in [2.05, 4.69) is 124 Å². The Kier molecular flexibility index (Phi) is 4.88. The third-order valence-electron chi connectivity index (χ3n) is 5.24. The molecule has 0 heteroatoms. The normalized spacial score (nSPS) is 11.4. The van der Waals surface area contributed by atoms with E-state index < -0.39 is 0 Å². The Balaban J connectivity index is 1.86. The quantitative estimate of drug-likeness (QED) is 0.346. The molecule has 0 nitrogen and oxygen atoms in total.